The molecule has 0 aliphatic heterocycles. The number of aryl methyl sites for hydroxylation is 1. The largest absolute Gasteiger partial charge is 0.356 e. The molecule has 0 radical (unpaired) electrons. The van der Waals surface area contributed by atoms with Crippen molar-refractivity contribution in [3.05, 3.63) is 29.8 Å². The minimum atomic E-state index is -3.78. The highest BCUT2D eigenvalue weighted by molar-refractivity contribution is 7.89. The minimum Gasteiger partial charge on any atom is -0.356 e. The highest BCUT2D eigenvalue weighted by atomic mass is 32.2. The third kappa shape index (κ3) is 3.32. The SMILES string of the molecule is CCC(=O)ONS(=O)(=O)c1ccc(C)cc1. The fourth-order valence-electron chi connectivity index (χ4n) is 0.939. The zero-order valence-corrected chi connectivity index (χ0v) is 9.87. The molecular formula is C10H13NO4S. The molecule has 0 aliphatic rings. The van der Waals surface area contributed by atoms with Gasteiger partial charge in [-0.05, 0) is 23.9 Å². The van der Waals surface area contributed by atoms with E-state index in [9.17, 15) is 13.2 Å². The third-order valence-corrected chi connectivity index (χ3v) is 3.08. The number of carbonyl (C=O) groups excluding carboxylic acids is 1. The monoisotopic (exact) mass is 243 g/mol. The zero-order chi connectivity index (χ0) is 12.2. The van der Waals surface area contributed by atoms with Crippen molar-refractivity contribution in [3.63, 3.8) is 0 Å². The molecule has 1 rings (SSSR count). The van der Waals surface area contributed by atoms with Crippen molar-refractivity contribution >= 4 is 16.0 Å². The van der Waals surface area contributed by atoms with E-state index < -0.39 is 16.0 Å². The van der Waals surface area contributed by atoms with Crippen molar-refractivity contribution in [2.24, 2.45) is 0 Å². The van der Waals surface area contributed by atoms with Crippen LogP contribution in [0.1, 0.15) is 18.9 Å². The molecule has 0 bridgehead atoms. The molecule has 0 atom stereocenters. The fraction of sp³-hybridized carbons (Fsp3) is 0.300. The first kappa shape index (κ1) is 12.7. The van der Waals surface area contributed by atoms with Crippen LogP contribution in [0, 0.1) is 6.92 Å². The van der Waals surface area contributed by atoms with E-state index in [0.29, 0.717) is 0 Å². The van der Waals surface area contributed by atoms with E-state index in [-0.39, 0.29) is 11.3 Å². The number of hydrogen-bond acceptors (Lipinski definition) is 4. The summed E-state index contributed by atoms with van der Waals surface area (Å²) < 4.78 is 23.2. The van der Waals surface area contributed by atoms with Crippen LogP contribution in [0.5, 0.6) is 0 Å². The van der Waals surface area contributed by atoms with Gasteiger partial charge in [0.2, 0.25) is 0 Å². The van der Waals surface area contributed by atoms with Crippen LogP contribution in [-0.4, -0.2) is 14.4 Å². The van der Waals surface area contributed by atoms with E-state index in [1.54, 1.807) is 23.9 Å². The standard InChI is InChI=1S/C10H13NO4S/c1-3-10(12)15-11-16(13,14)9-6-4-8(2)5-7-9/h4-7,11H,3H2,1-2H3. The molecule has 0 aromatic heterocycles. The van der Waals surface area contributed by atoms with Gasteiger partial charge in [0.05, 0.1) is 4.90 Å². The van der Waals surface area contributed by atoms with Crippen LogP contribution in [0.25, 0.3) is 0 Å². The first-order valence-electron chi connectivity index (χ1n) is 4.74. The zero-order valence-electron chi connectivity index (χ0n) is 9.06. The maximum Gasteiger partial charge on any atom is 0.325 e. The van der Waals surface area contributed by atoms with E-state index in [4.69, 9.17) is 0 Å². The molecule has 0 saturated heterocycles. The second kappa shape index (κ2) is 5.09. The van der Waals surface area contributed by atoms with Gasteiger partial charge in [0.1, 0.15) is 0 Å². The van der Waals surface area contributed by atoms with Crippen molar-refractivity contribution in [2.75, 3.05) is 0 Å². The van der Waals surface area contributed by atoms with Gasteiger partial charge in [-0.2, -0.15) is 0 Å². The first-order chi connectivity index (χ1) is 7.45. The molecule has 0 amide bonds. The lowest BCUT2D eigenvalue weighted by Crippen LogP contribution is -2.26. The van der Waals surface area contributed by atoms with Gasteiger partial charge in [-0.1, -0.05) is 24.6 Å². The van der Waals surface area contributed by atoms with Crippen LogP contribution in [0.15, 0.2) is 29.2 Å². The number of rotatable bonds is 4. The molecule has 16 heavy (non-hydrogen) atoms. The molecule has 0 unspecified atom stereocenters. The van der Waals surface area contributed by atoms with Crippen molar-refractivity contribution in [1.82, 2.24) is 4.89 Å². The van der Waals surface area contributed by atoms with Gasteiger partial charge in [0, 0.05) is 6.42 Å². The molecule has 0 saturated carbocycles. The normalized spacial score (nSPS) is 11.1. The molecule has 0 spiro atoms. The summed E-state index contributed by atoms with van der Waals surface area (Å²) in [6.45, 7) is 3.42. The molecular weight excluding hydrogens is 230 g/mol. The maximum absolute atomic E-state index is 11.6. The Bertz CT molecular complexity index is 464. The summed E-state index contributed by atoms with van der Waals surface area (Å²) in [5.41, 5.74) is 0.949. The quantitative estimate of drug-likeness (QED) is 0.805. The van der Waals surface area contributed by atoms with Gasteiger partial charge in [-0.15, -0.1) is 0 Å². The average Bonchev–Trinajstić information content (AvgIpc) is 2.26. The Morgan fingerprint density at radius 3 is 2.38 bits per heavy atom. The van der Waals surface area contributed by atoms with E-state index in [2.05, 4.69) is 4.84 Å². The van der Waals surface area contributed by atoms with Crippen molar-refractivity contribution < 1.29 is 18.0 Å². The molecule has 1 aromatic rings. The lowest BCUT2D eigenvalue weighted by Gasteiger charge is -2.06. The van der Waals surface area contributed by atoms with E-state index >= 15 is 0 Å². The third-order valence-electron chi connectivity index (χ3n) is 1.89. The molecule has 0 heterocycles. The number of benzene rings is 1. The topological polar surface area (TPSA) is 72.5 Å². The Hall–Kier alpha value is -1.40. The second-order valence-corrected chi connectivity index (χ2v) is 4.87. The highest BCUT2D eigenvalue weighted by Gasteiger charge is 2.15. The summed E-state index contributed by atoms with van der Waals surface area (Å²) in [4.78, 5) is 17.0. The van der Waals surface area contributed by atoms with Gasteiger partial charge in [0.25, 0.3) is 10.0 Å². The molecule has 88 valence electrons. The Kier molecular flexibility index (Phi) is 4.03. The highest BCUT2D eigenvalue weighted by Crippen LogP contribution is 2.09. The van der Waals surface area contributed by atoms with Gasteiger partial charge in [-0.3, -0.25) is 4.79 Å². The predicted molar refractivity (Wildman–Crippen MR) is 57.9 cm³/mol. The van der Waals surface area contributed by atoms with Gasteiger partial charge in [-0.25, -0.2) is 8.42 Å². The molecule has 0 aliphatic carbocycles. The molecule has 5 nitrogen and oxygen atoms in total. The summed E-state index contributed by atoms with van der Waals surface area (Å²) in [7, 11) is -3.78. The smallest absolute Gasteiger partial charge is 0.325 e. The van der Waals surface area contributed by atoms with Crippen LogP contribution in [0.2, 0.25) is 0 Å². The van der Waals surface area contributed by atoms with Crippen LogP contribution in [0.4, 0.5) is 0 Å². The average molecular weight is 243 g/mol. The fourth-order valence-corrected chi connectivity index (χ4v) is 1.73. The number of sulfonamides is 1. The van der Waals surface area contributed by atoms with Crippen molar-refractivity contribution in [3.8, 4) is 0 Å². The second-order valence-electron chi connectivity index (χ2n) is 3.23. The predicted octanol–water partition coefficient (Wildman–Crippen LogP) is 1.14. The Morgan fingerprint density at radius 2 is 1.88 bits per heavy atom. The van der Waals surface area contributed by atoms with Crippen LogP contribution < -0.4 is 4.89 Å². The van der Waals surface area contributed by atoms with E-state index in [1.165, 1.54) is 12.1 Å². The molecule has 1 aromatic carbocycles. The summed E-state index contributed by atoms with van der Waals surface area (Å²) in [5.74, 6) is -0.629. The Morgan fingerprint density at radius 1 is 1.31 bits per heavy atom. The molecule has 0 fully saturated rings. The maximum atomic E-state index is 11.6. The number of nitrogens with one attached hydrogen (secondary N) is 1. The lowest BCUT2D eigenvalue weighted by molar-refractivity contribution is -0.146. The van der Waals surface area contributed by atoms with Crippen LogP contribution in [0.3, 0.4) is 0 Å². The van der Waals surface area contributed by atoms with Gasteiger partial charge < -0.3 is 4.84 Å². The van der Waals surface area contributed by atoms with E-state index in [0.717, 1.165) is 5.56 Å². The molecule has 6 heteroatoms. The summed E-state index contributed by atoms with van der Waals surface area (Å²) in [5, 5.41) is 0. The summed E-state index contributed by atoms with van der Waals surface area (Å²) in [6, 6.07) is 6.21. The number of carbonyl (C=O) groups is 1. The number of hydrogen-bond donors (Lipinski definition) is 1. The lowest BCUT2D eigenvalue weighted by atomic mass is 10.2. The Labute approximate surface area is 94.4 Å². The van der Waals surface area contributed by atoms with E-state index in [1.807, 2.05) is 6.92 Å². The van der Waals surface area contributed by atoms with Gasteiger partial charge in [0.15, 0.2) is 0 Å². The Balaban J connectivity index is 2.78. The minimum absolute atomic E-state index is 0.0574. The van der Waals surface area contributed by atoms with Crippen LogP contribution >= 0.6 is 0 Å². The van der Waals surface area contributed by atoms with Crippen molar-refractivity contribution in [1.29, 1.82) is 0 Å². The first-order valence-corrected chi connectivity index (χ1v) is 6.22. The molecule has 1 N–H and O–H groups in total. The van der Waals surface area contributed by atoms with Gasteiger partial charge >= 0.3 is 5.97 Å². The van der Waals surface area contributed by atoms with Crippen molar-refractivity contribution in [2.45, 2.75) is 25.2 Å². The van der Waals surface area contributed by atoms with Crippen LogP contribution in [-0.2, 0) is 19.7 Å². The summed E-state index contributed by atoms with van der Waals surface area (Å²) in [6.07, 6.45) is 0.108. The summed E-state index contributed by atoms with van der Waals surface area (Å²) >= 11 is 0.